The molecule has 122 valence electrons. The molecule has 0 spiro atoms. The van der Waals surface area contributed by atoms with Crippen LogP contribution in [0.5, 0.6) is 5.75 Å². The van der Waals surface area contributed by atoms with E-state index in [0.29, 0.717) is 11.0 Å². The lowest BCUT2D eigenvalue weighted by Gasteiger charge is -2.04. The number of nitrogens with one attached hydrogen (secondary N) is 1. The van der Waals surface area contributed by atoms with E-state index in [1.807, 2.05) is 11.4 Å². The molecule has 0 bridgehead atoms. The fourth-order valence-electron chi connectivity index (χ4n) is 2.25. The molecule has 0 unspecified atom stereocenters. The van der Waals surface area contributed by atoms with Gasteiger partial charge in [-0.2, -0.15) is 5.10 Å². The highest BCUT2D eigenvalue weighted by atomic mass is 32.1. The first kappa shape index (κ1) is 16.2. The molecule has 3 rings (SSSR count). The maximum absolute atomic E-state index is 9.54. The summed E-state index contributed by atoms with van der Waals surface area (Å²) in [5.74, 6) is 0.762. The van der Waals surface area contributed by atoms with Gasteiger partial charge in [-0.25, -0.2) is 4.98 Å². The normalized spacial score (nSPS) is 11.3. The number of aromatic hydroxyl groups is 1. The van der Waals surface area contributed by atoms with Gasteiger partial charge in [-0.3, -0.25) is 5.43 Å². The predicted molar refractivity (Wildman–Crippen MR) is 101 cm³/mol. The Morgan fingerprint density at radius 3 is 2.67 bits per heavy atom. The van der Waals surface area contributed by atoms with Crippen molar-refractivity contribution in [2.75, 3.05) is 5.43 Å². The van der Waals surface area contributed by atoms with Gasteiger partial charge in [-0.15, -0.1) is 11.3 Å². The van der Waals surface area contributed by atoms with Crippen LogP contribution >= 0.6 is 11.3 Å². The number of anilines is 1. The largest absolute Gasteiger partial charge is 0.508 e. The van der Waals surface area contributed by atoms with Gasteiger partial charge >= 0.3 is 0 Å². The van der Waals surface area contributed by atoms with Crippen molar-refractivity contribution in [2.45, 2.75) is 19.8 Å². The minimum absolute atomic E-state index is 0.234. The van der Waals surface area contributed by atoms with Crippen molar-refractivity contribution in [3.8, 4) is 17.0 Å². The molecule has 0 radical (unpaired) electrons. The number of benzene rings is 2. The smallest absolute Gasteiger partial charge is 0.203 e. The van der Waals surface area contributed by atoms with E-state index in [0.717, 1.165) is 16.8 Å². The molecule has 2 aromatic carbocycles. The molecule has 0 amide bonds. The third kappa shape index (κ3) is 4.00. The number of phenols is 1. The van der Waals surface area contributed by atoms with Crippen molar-refractivity contribution in [2.24, 2.45) is 5.10 Å². The second-order valence-corrected chi connectivity index (χ2v) is 6.64. The van der Waals surface area contributed by atoms with Crippen molar-refractivity contribution in [3.63, 3.8) is 0 Å². The molecule has 0 aliphatic rings. The molecule has 0 saturated carbocycles. The van der Waals surface area contributed by atoms with Crippen LogP contribution in [0.3, 0.4) is 0 Å². The molecule has 1 aromatic heterocycles. The van der Waals surface area contributed by atoms with Crippen LogP contribution in [0.15, 0.2) is 59.0 Å². The van der Waals surface area contributed by atoms with E-state index < -0.39 is 0 Å². The predicted octanol–water partition coefficient (Wildman–Crippen LogP) is 5.09. The Balaban J connectivity index is 1.65. The first-order valence-electron chi connectivity index (χ1n) is 7.76. The summed E-state index contributed by atoms with van der Waals surface area (Å²) in [5.41, 5.74) is 7.00. The van der Waals surface area contributed by atoms with Gasteiger partial charge in [-0.1, -0.05) is 50.2 Å². The van der Waals surface area contributed by atoms with Crippen LogP contribution in [-0.4, -0.2) is 16.3 Å². The van der Waals surface area contributed by atoms with Crippen LogP contribution in [0.1, 0.15) is 30.9 Å². The van der Waals surface area contributed by atoms with E-state index in [2.05, 4.69) is 53.6 Å². The number of thiazole rings is 1. The molecule has 0 fully saturated rings. The highest BCUT2D eigenvalue weighted by Crippen LogP contribution is 2.27. The van der Waals surface area contributed by atoms with Gasteiger partial charge in [0.15, 0.2) is 0 Å². The van der Waals surface area contributed by atoms with Gasteiger partial charge in [0, 0.05) is 10.9 Å². The number of aromatic nitrogens is 1. The van der Waals surface area contributed by atoms with E-state index in [1.54, 1.807) is 24.4 Å². The monoisotopic (exact) mass is 337 g/mol. The summed E-state index contributed by atoms with van der Waals surface area (Å²) in [5, 5.41) is 16.4. The summed E-state index contributed by atoms with van der Waals surface area (Å²) in [7, 11) is 0. The number of hydrogen-bond donors (Lipinski definition) is 2. The maximum Gasteiger partial charge on any atom is 0.203 e. The standard InChI is InChI=1S/C19H19N3OS/c1-13(2)15-8-6-14(7-9-15)11-20-22-19-21-18(12-24-19)16-4-3-5-17(23)10-16/h3-13,23H,1-2H3,(H,21,22)/b20-11-. The Morgan fingerprint density at radius 1 is 1.17 bits per heavy atom. The molecule has 24 heavy (non-hydrogen) atoms. The van der Waals surface area contributed by atoms with Crippen LogP contribution in [0.25, 0.3) is 11.3 Å². The zero-order valence-electron chi connectivity index (χ0n) is 13.6. The molecule has 5 heteroatoms. The van der Waals surface area contributed by atoms with E-state index >= 15 is 0 Å². The second kappa shape index (κ2) is 7.27. The average Bonchev–Trinajstić information content (AvgIpc) is 3.04. The summed E-state index contributed by atoms with van der Waals surface area (Å²) in [6.45, 7) is 4.36. The first-order valence-corrected chi connectivity index (χ1v) is 8.64. The van der Waals surface area contributed by atoms with Crippen molar-refractivity contribution < 1.29 is 5.11 Å². The average molecular weight is 337 g/mol. The third-order valence-corrected chi connectivity index (χ3v) is 4.37. The van der Waals surface area contributed by atoms with E-state index in [4.69, 9.17) is 0 Å². The van der Waals surface area contributed by atoms with Crippen molar-refractivity contribution in [1.82, 2.24) is 4.98 Å². The molecule has 0 aliphatic carbocycles. The zero-order valence-corrected chi connectivity index (χ0v) is 14.4. The topological polar surface area (TPSA) is 57.5 Å². The Bertz CT molecular complexity index is 838. The molecule has 0 saturated heterocycles. The molecule has 2 N–H and O–H groups in total. The highest BCUT2D eigenvalue weighted by Gasteiger charge is 2.04. The summed E-state index contributed by atoms with van der Waals surface area (Å²) < 4.78 is 0. The van der Waals surface area contributed by atoms with E-state index in [1.165, 1.54) is 16.9 Å². The van der Waals surface area contributed by atoms with Gasteiger partial charge in [0.1, 0.15) is 5.75 Å². The Labute approximate surface area is 145 Å². The fraction of sp³-hybridized carbons (Fsp3) is 0.158. The van der Waals surface area contributed by atoms with Crippen LogP contribution in [0.2, 0.25) is 0 Å². The fourth-order valence-corrected chi connectivity index (χ4v) is 2.92. The SMILES string of the molecule is CC(C)c1ccc(/C=N\Nc2nc(-c3cccc(O)c3)cs2)cc1. The van der Waals surface area contributed by atoms with Crippen LogP contribution < -0.4 is 5.43 Å². The van der Waals surface area contributed by atoms with Crippen molar-refractivity contribution in [1.29, 1.82) is 0 Å². The summed E-state index contributed by atoms with van der Waals surface area (Å²) >= 11 is 1.47. The molecular formula is C19H19N3OS. The van der Waals surface area contributed by atoms with Gasteiger partial charge in [0.25, 0.3) is 0 Å². The molecular weight excluding hydrogens is 318 g/mol. The minimum atomic E-state index is 0.234. The van der Waals surface area contributed by atoms with Crippen LogP contribution in [-0.2, 0) is 0 Å². The quantitative estimate of drug-likeness (QED) is 0.504. The minimum Gasteiger partial charge on any atom is -0.508 e. The van der Waals surface area contributed by atoms with Gasteiger partial charge < -0.3 is 5.11 Å². The molecule has 3 aromatic rings. The Kier molecular flexibility index (Phi) is 4.91. The second-order valence-electron chi connectivity index (χ2n) is 5.78. The maximum atomic E-state index is 9.54. The summed E-state index contributed by atoms with van der Waals surface area (Å²) in [6, 6.07) is 15.4. The lowest BCUT2D eigenvalue weighted by atomic mass is 10.0. The molecule has 4 nitrogen and oxygen atoms in total. The summed E-state index contributed by atoms with van der Waals surface area (Å²) in [4.78, 5) is 4.47. The van der Waals surface area contributed by atoms with Crippen LogP contribution in [0, 0.1) is 0 Å². The van der Waals surface area contributed by atoms with Gasteiger partial charge in [0.2, 0.25) is 5.13 Å². The number of nitrogens with zero attached hydrogens (tertiary/aromatic N) is 2. The molecule has 1 heterocycles. The van der Waals surface area contributed by atoms with E-state index in [9.17, 15) is 5.11 Å². The number of phenolic OH excluding ortho intramolecular Hbond substituents is 1. The van der Waals surface area contributed by atoms with Crippen molar-refractivity contribution >= 4 is 22.7 Å². The van der Waals surface area contributed by atoms with Gasteiger partial charge in [-0.05, 0) is 29.2 Å². The van der Waals surface area contributed by atoms with E-state index in [-0.39, 0.29) is 5.75 Å². The number of hydrogen-bond acceptors (Lipinski definition) is 5. The molecule has 0 atom stereocenters. The third-order valence-electron chi connectivity index (χ3n) is 3.62. The first-order chi connectivity index (χ1) is 11.6. The molecule has 0 aliphatic heterocycles. The lowest BCUT2D eigenvalue weighted by molar-refractivity contribution is 0.475. The summed E-state index contributed by atoms with van der Waals surface area (Å²) in [6.07, 6.45) is 1.78. The van der Waals surface area contributed by atoms with Gasteiger partial charge in [0.05, 0.1) is 11.9 Å². The number of hydrazone groups is 1. The lowest BCUT2D eigenvalue weighted by Crippen LogP contribution is -1.91. The van der Waals surface area contributed by atoms with Crippen LogP contribution in [0.4, 0.5) is 5.13 Å². The van der Waals surface area contributed by atoms with Crippen molar-refractivity contribution in [3.05, 3.63) is 65.0 Å². The number of rotatable bonds is 5. The Morgan fingerprint density at radius 2 is 1.96 bits per heavy atom. The zero-order chi connectivity index (χ0) is 16.9. The Hall–Kier alpha value is -2.66. The highest BCUT2D eigenvalue weighted by molar-refractivity contribution is 7.14.